The monoisotopic (exact) mass is 360 g/mol. The summed E-state index contributed by atoms with van der Waals surface area (Å²) in [5.74, 6) is -3.16. The largest absolute Gasteiger partial charge is 0.475 e. The van der Waals surface area contributed by atoms with E-state index in [4.69, 9.17) is 5.11 Å². The highest BCUT2D eigenvalue weighted by Gasteiger charge is 2.17. The Labute approximate surface area is 135 Å². The zero-order valence-electron chi connectivity index (χ0n) is 11.6. The van der Waals surface area contributed by atoms with Crippen LogP contribution in [-0.2, 0) is 16.0 Å². The number of rotatable bonds is 6. The molecule has 0 unspecified atom stereocenters. The molecule has 2 rings (SSSR count). The lowest BCUT2D eigenvalue weighted by atomic mass is 9.99. The van der Waals surface area contributed by atoms with Crippen LogP contribution >= 0.6 is 15.9 Å². The maximum Gasteiger partial charge on any atom is 0.372 e. The highest BCUT2D eigenvalue weighted by Crippen LogP contribution is 2.16. The number of Topliss-reactive ketones (excluding diaryl/α,β-unsaturated/α-hetero) is 2. The van der Waals surface area contributed by atoms with Gasteiger partial charge in [-0.25, -0.2) is 4.79 Å². The van der Waals surface area contributed by atoms with Gasteiger partial charge >= 0.3 is 5.97 Å². The highest BCUT2D eigenvalue weighted by atomic mass is 79.9. The summed E-state index contributed by atoms with van der Waals surface area (Å²) in [4.78, 5) is 33.5. The van der Waals surface area contributed by atoms with Crippen molar-refractivity contribution in [2.45, 2.75) is 12.8 Å². The van der Waals surface area contributed by atoms with Crippen LogP contribution < -0.4 is 0 Å². The van der Waals surface area contributed by atoms with Crippen molar-refractivity contribution in [2.75, 3.05) is 0 Å². The number of carboxylic acids is 1. The van der Waals surface area contributed by atoms with E-state index >= 15 is 0 Å². The zero-order valence-corrected chi connectivity index (χ0v) is 13.2. The van der Waals surface area contributed by atoms with Crippen LogP contribution in [0.15, 0.2) is 53.0 Å². The molecular weight excluding hydrogens is 348 g/mol. The number of carbonyl (C=O) groups excluding carboxylic acids is 2. The first kappa shape index (κ1) is 16.1. The van der Waals surface area contributed by atoms with E-state index in [2.05, 4.69) is 15.9 Å². The van der Waals surface area contributed by atoms with Gasteiger partial charge in [-0.3, -0.25) is 9.59 Å². The molecule has 0 radical (unpaired) electrons. The number of ketones is 2. The standard InChI is InChI=1S/C17H13BrO4/c18-14-6-2-4-12(9-14)7-11-3-1-5-13(8-11)15(19)10-16(20)17(21)22/h1-6,8-9H,7,10H2,(H,21,22). The van der Waals surface area contributed by atoms with Gasteiger partial charge < -0.3 is 5.11 Å². The van der Waals surface area contributed by atoms with Gasteiger partial charge in [0.2, 0.25) is 5.78 Å². The van der Waals surface area contributed by atoms with Gasteiger partial charge in [0.15, 0.2) is 5.78 Å². The Kier molecular flexibility index (Phi) is 5.22. The first-order valence-electron chi connectivity index (χ1n) is 6.58. The van der Waals surface area contributed by atoms with Crippen molar-refractivity contribution in [3.63, 3.8) is 0 Å². The molecule has 0 amide bonds. The number of carboxylic acid groups (broad SMARTS) is 1. The predicted molar refractivity (Wildman–Crippen MR) is 85.0 cm³/mol. The summed E-state index contributed by atoms with van der Waals surface area (Å²) in [5, 5.41) is 8.55. The smallest absolute Gasteiger partial charge is 0.372 e. The molecule has 0 aromatic heterocycles. The van der Waals surface area contributed by atoms with E-state index in [1.54, 1.807) is 18.2 Å². The van der Waals surface area contributed by atoms with Crippen molar-refractivity contribution in [1.82, 2.24) is 0 Å². The fraction of sp³-hybridized carbons (Fsp3) is 0.118. The Morgan fingerprint density at radius 1 is 0.955 bits per heavy atom. The minimum absolute atomic E-state index is 0.349. The normalized spacial score (nSPS) is 10.2. The molecule has 0 saturated carbocycles. The molecule has 2 aromatic rings. The Morgan fingerprint density at radius 3 is 2.23 bits per heavy atom. The van der Waals surface area contributed by atoms with Crippen LogP contribution in [0.5, 0.6) is 0 Å². The van der Waals surface area contributed by atoms with Gasteiger partial charge in [0.1, 0.15) is 0 Å². The second kappa shape index (κ2) is 7.13. The summed E-state index contributed by atoms with van der Waals surface area (Å²) in [7, 11) is 0. The van der Waals surface area contributed by atoms with E-state index in [0.29, 0.717) is 12.0 Å². The Balaban J connectivity index is 2.14. The highest BCUT2D eigenvalue weighted by molar-refractivity contribution is 9.10. The van der Waals surface area contributed by atoms with Gasteiger partial charge in [0.05, 0.1) is 6.42 Å². The lowest BCUT2D eigenvalue weighted by Crippen LogP contribution is -2.17. The topological polar surface area (TPSA) is 71.4 Å². The van der Waals surface area contributed by atoms with Gasteiger partial charge in [-0.2, -0.15) is 0 Å². The molecule has 0 heterocycles. The molecule has 112 valence electrons. The summed E-state index contributed by atoms with van der Waals surface area (Å²) in [6.45, 7) is 0. The number of benzene rings is 2. The van der Waals surface area contributed by atoms with Crippen molar-refractivity contribution in [2.24, 2.45) is 0 Å². The summed E-state index contributed by atoms with van der Waals surface area (Å²) in [6, 6.07) is 14.7. The molecule has 0 saturated heterocycles. The van der Waals surface area contributed by atoms with E-state index < -0.39 is 24.0 Å². The molecule has 0 atom stereocenters. The quantitative estimate of drug-likeness (QED) is 0.487. The zero-order chi connectivity index (χ0) is 16.1. The lowest BCUT2D eigenvalue weighted by molar-refractivity contribution is -0.148. The molecule has 5 heteroatoms. The molecule has 0 aliphatic rings. The molecule has 1 N–H and O–H groups in total. The molecule has 0 spiro atoms. The van der Waals surface area contributed by atoms with Gasteiger partial charge in [0, 0.05) is 10.0 Å². The Bertz CT molecular complexity index is 737. The Hall–Kier alpha value is -2.27. The second-order valence-corrected chi connectivity index (χ2v) is 5.75. The number of hydrogen-bond donors (Lipinski definition) is 1. The van der Waals surface area contributed by atoms with Crippen LogP contribution in [0.1, 0.15) is 27.9 Å². The van der Waals surface area contributed by atoms with Crippen LogP contribution in [0.2, 0.25) is 0 Å². The summed E-state index contributed by atoms with van der Waals surface area (Å²) in [5.41, 5.74) is 2.36. The van der Waals surface area contributed by atoms with Gasteiger partial charge in [-0.1, -0.05) is 46.3 Å². The van der Waals surface area contributed by atoms with E-state index in [1.807, 2.05) is 30.3 Å². The number of hydrogen-bond acceptors (Lipinski definition) is 3. The number of carbonyl (C=O) groups is 3. The van der Waals surface area contributed by atoms with Crippen molar-refractivity contribution in [3.05, 3.63) is 69.7 Å². The van der Waals surface area contributed by atoms with E-state index in [0.717, 1.165) is 15.6 Å². The van der Waals surface area contributed by atoms with Crippen LogP contribution in [-0.4, -0.2) is 22.6 Å². The maximum absolute atomic E-state index is 11.9. The predicted octanol–water partition coefficient (Wildman–Crippen LogP) is 3.27. The van der Waals surface area contributed by atoms with E-state index in [-0.39, 0.29) is 0 Å². The molecule has 4 nitrogen and oxygen atoms in total. The van der Waals surface area contributed by atoms with Gasteiger partial charge in [0.25, 0.3) is 0 Å². The van der Waals surface area contributed by atoms with Gasteiger partial charge in [-0.05, 0) is 35.7 Å². The molecule has 0 fully saturated rings. The average molecular weight is 361 g/mol. The Morgan fingerprint density at radius 2 is 1.59 bits per heavy atom. The van der Waals surface area contributed by atoms with Crippen molar-refractivity contribution >= 4 is 33.5 Å². The number of aliphatic carboxylic acids is 1. The molecule has 0 aliphatic carbocycles. The average Bonchev–Trinajstić information content (AvgIpc) is 2.47. The molecule has 2 aromatic carbocycles. The van der Waals surface area contributed by atoms with Crippen molar-refractivity contribution in [3.8, 4) is 0 Å². The van der Waals surface area contributed by atoms with E-state index in [9.17, 15) is 14.4 Å². The number of halogens is 1. The second-order valence-electron chi connectivity index (χ2n) is 4.84. The minimum Gasteiger partial charge on any atom is -0.475 e. The SMILES string of the molecule is O=C(O)C(=O)CC(=O)c1cccc(Cc2cccc(Br)c2)c1. The van der Waals surface area contributed by atoms with Crippen molar-refractivity contribution in [1.29, 1.82) is 0 Å². The van der Waals surface area contributed by atoms with Crippen molar-refractivity contribution < 1.29 is 19.5 Å². The summed E-state index contributed by atoms with van der Waals surface area (Å²) in [6.07, 6.45) is 0.0309. The summed E-state index contributed by atoms with van der Waals surface area (Å²) >= 11 is 3.41. The molecule has 22 heavy (non-hydrogen) atoms. The molecular formula is C17H13BrO4. The third kappa shape index (κ3) is 4.36. The first-order chi connectivity index (χ1) is 10.5. The fourth-order valence-electron chi connectivity index (χ4n) is 2.06. The lowest BCUT2D eigenvalue weighted by Gasteiger charge is -2.05. The third-order valence-electron chi connectivity index (χ3n) is 3.11. The van der Waals surface area contributed by atoms with Crippen LogP contribution in [0.3, 0.4) is 0 Å². The maximum atomic E-state index is 11.9. The van der Waals surface area contributed by atoms with E-state index in [1.165, 1.54) is 0 Å². The van der Waals surface area contributed by atoms with Crippen LogP contribution in [0.25, 0.3) is 0 Å². The summed E-state index contributed by atoms with van der Waals surface area (Å²) < 4.78 is 0.976. The van der Waals surface area contributed by atoms with Gasteiger partial charge in [-0.15, -0.1) is 0 Å². The molecule has 0 bridgehead atoms. The first-order valence-corrected chi connectivity index (χ1v) is 7.37. The van der Waals surface area contributed by atoms with Crippen LogP contribution in [0, 0.1) is 0 Å². The fourth-order valence-corrected chi connectivity index (χ4v) is 2.51. The molecule has 0 aliphatic heterocycles. The third-order valence-corrected chi connectivity index (χ3v) is 3.60. The minimum atomic E-state index is -1.58. The van der Waals surface area contributed by atoms with Crippen LogP contribution in [0.4, 0.5) is 0 Å².